The summed E-state index contributed by atoms with van der Waals surface area (Å²) in [6.07, 6.45) is 1.98. The molecule has 0 aliphatic carbocycles. The first-order valence-electron chi connectivity index (χ1n) is 7.25. The van der Waals surface area contributed by atoms with E-state index < -0.39 is 6.10 Å². The Morgan fingerprint density at radius 1 is 1.32 bits per heavy atom. The fourth-order valence-corrected chi connectivity index (χ4v) is 1.90. The summed E-state index contributed by atoms with van der Waals surface area (Å²) in [5.74, 6) is 0.258. The Hall–Kier alpha value is -2.34. The molecular formula is C16H21N3O3. The average molecular weight is 303 g/mol. The molecule has 1 atom stereocenters. The predicted octanol–water partition coefficient (Wildman–Crippen LogP) is 1.79. The van der Waals surface area contributed by atoms with Crippen LogP contribution in [0.1, 0.15) is 13.3 Å². The first-order valence-corrected chi connectivity index (χ1v) is 7.25. The van der Waals surface area contributed by atoms with Crippen molar-refractivity contribution in [2.45, 2.75) is 19.4 Å². The van der Waals surface area contributed by atoms with Crippen LogP contribution < -0.4 is 10.1 Å². The average Bonchev–Trinajstić information content (AvgIpc) is 3.00. The van der Waals surface area contributed by atoms with Crippen molar-refractivity contribution in [3.8, 4) is 11.6 Å². The lowest BCUT2D eigenvalue weighted by Gasteiger charge is -2.12. The molecule has 0 bridgehead atoms. The number of hydrogen-bond acceptors (Lipinski definition) is 4. The van der Waals surface area contributed by atoms with Gasteiger partial charge in [-0.3, -0.25) is 4.79 Å². The van der Waals surface area contributed by atoms with Crippen molar-refractivity contribution in [3.05, 3.63) is 42.6 Å². The van der Waals surface area contributed by atoms with Crippen molar-refractivity contribution < 1.29 is 14.3 Å². The second-order valence-electron chi connectivity index (χ2n) is 4.83. The highest BCUT2D eigenvalue weighted by atomic mass is 16.5. The van der Waals surface area contributed by atoms with Crippen LogP contribution in [0.15, 0.2) is 42.6 Å². The molecule has 0 unspecified atom stereocenters. The first-order chi connectivity index (χ1) is 10.7. The zero-order chi connectivity index (χ0) is 15.8. The number of ether oxygens (including phenoxy) is 2. The largest absolute Gasteiger partial charge is 0.463 e. The van der Waals surface area contributed by atoms with Gasteiger partial charge in [0.1, 0.15) is 0 Å². The van der Waals surface area contributed by atoms with E-state index in [-0.39, 0.29) is 5.91 Å². The molecule has 118 valence electrons. The van der Waals surface area contributed by atoms with E-state index in [9.17, 15) is 4.79 Å². The van der Waals surface area contributed by atoms with Crippen LogP contribution in [0.3, 0.4) is 0 Å². The minimum Gasteiger partial charge on any atom is -0.463 e. The maximum absolute atomic E-state index is 11.9. The van der Waals surface area contributed by atoms with Crippen molar-refractivity contribution in [2.24, 2.45) is 0 Å². The van der Waals surface area contributed by atoms with Crippen molar-refractivity contribution in [3.63, 3.8) is 0 Å². The molecule has 22 heavy (non-hydrogen) atoms. The Balaban J connectivity index is 1.85. The lowest BCUT2D eigenvalue weighted by Crippen LogP contribution is -2.37. The molecule has 0 aliphatic rings. The van der Waals surface area contributed by atoms with Gasteiger partial charge in [-0.25, -0.2) is 4.68 Å². The molecule has 1 amide bonds. The predicted molar refractivity (Wildman–Crippen MR) is 83.2 cm³/mol. The summed E-state index contributed by atoms with van der Waals surface area (Å²) in [6, 6.07) is 11.5. The molecule has 0 aliphatic heterocycles. The summed E-state index contributed by atoms with van der Waals surface area (Å²) in [7, 11) is 1.64. The molecular weight excluding hydrogens is 282 g/mol. The van der Waals surface area contributed by atoms with Crippen LogP contribution in [-0.4, -0.2) is 42.1 Å². The standard InChI is InChI=1S/C16H21N3O3/c1-13(16(20)17-10-6-12-21-2)22-15-9-11-19(18-15)14-7-4-3-5-8-14/h3-5,7-9,11,13H,6,10,12H2,1-2H3,(H,17,20)/t13-/m1/s1. The second-order valence-corrected chi connectivity index (χ2v) is 4.83. The smallest absolute Gasteiger partial charge is 0.260 e. The number of nitrogens with one attached hydrogen (secondary N) is 1. The second kappa shape index (κ2) is 8.19. The lowest BCUT2D eigenvalue weighted by atomic mass is 10.3. The van der Waals surface area contributed by atoms with E-state index in [2.05, 4.69) is 10.4 Å². The van der Waals surface area contributed by atoms with Gasteiger partial charge >= 0.3 is 0 Å². The topological polar surface area (TPSA) is 65.4 Å². The van der Waals surface area contributed by atoms with Gasteiger partial charge in [-0.1, -0.05) is 18.2 Å². The Morgan fingerprint density at radius 3 is 2.82 bits per heavy atom. The van der Waals surface area contributed by atoms with Crippen molar-refractivity contribution in [1.82, 2.24) is 15.1 Å². The van der Waals surface area contributed by atoms with E-state index >= 15 is 0 Å². The van der Waals surface area contributed by atoms with E-state index in [1.165, 1.54) is 0 Å². The SMILES string of the molecule is COCCCNC(=O)[C@@H](C)Oc1ccn(-c2ccccc2)n1. The number of methoxy groups -OCH3 is 1. The van der Waals surface area contributed by atoms with Gasteiger partial charge in [-0.2, -0.15) is 0 Å². The molecule has 0 saturated carbocycles. The van der Waals surface area contributed by atoms with Crippen LogP contribution in [-0.2, 0) is 9.53 Å². The minimum absolute atomic E-state index is 0.162. The van der Waals surface area contributed by atoms with Crippen LogP contribution in [0.2, 0.25) is 0 Å². The molecule has 1 heterocycles. The van der Waals surface area contributed by atoms with Crippen molar-refractivity contribution >= 4 is 5.91 Å². The fourth-order valence-electron chi connectivity index (χ4n) is 1.90. The van der Waals surface area contributed by atoms with Gasteiger partial charge in [0.25, 0.3) is 5.91 Å². The van der Waals surface area contributed by atoms with E-state index in [1.54, 1.807) is 31.0 Å². The number of amides is 1. The quantitative estimate of drug-likeness (QED) is 0.755. The number of aromatic nitrogens is 2. The summed E-state index contributed by atoms with van der Waals surface area (Å²) in [6.45, 7) is 2.89. The maximum Gasteiger partial charge on any atom is 0.260 e. The third-order valence-corrected chi connectivity index (χ3v) is 3.08. The number of carbonyl (C=O) groups excluding carboxylic acids is 1. The van der Waals surface area contributed by atoms with Gasteiger partial charge in [0.05, 0.1) is 5.69 Å². The van der Waals surface area contributed by atoms with E-state index in [0.717, 1.165) is 12.1 Å². The monoisotopic (exact) mass is 303 g/mol. The summed E-state index contributed by atoms with van der Waals surface area (Å²) in [4.78, 5) is 11.9. The van der Waals surface area contributed by atoms with E-state index in [1.807, 2.05) is 30.3 Å². The van der Waals surface area contributed by atoms with Crippen molar-refractivity contribution in [2.75, 3.05) is 20.3 Å². The first kappa shape index (κ1) is 16.0. The summed E-state index contributed by atoms with van der Waals surface area (Å²) < 4.78 is 12.2. The highest BCUT2D eigenvalue weighted by molar-refractivity contribution is 5.80. The minimum atomic E-state index is -0.596. The maximum atomic E-state index is 11.9. The highest BCUT2D eigenvalue weighted by Gasteiger charge is 2.15. The van der Waals surface area contributed by atoms with Gasteiger partial charge < -0.3 is 14.8 Å². The number of carbonyl (C=O) groups is 1. The fraction of sp³-hybridized carbons (Fsp3) is 0.375. The van der Waals surface area contributed by atoms with E-state index in [0.29, 0.717) is 19.0 Å². The van der Waals surface area contributed by atoms with E-state index in [4.69, 9.17) is 9.47 Å². The zero-order valence-corrected chi connectivity index (χ0v) is 12.9. The van der Waals surface area contributed by atoms with Crippen LogP contribution >= 0.6 is 0 Å². The molecule has 0 radical (unpaired) electrons. The molecule has 2 aromatic rings. The van der Waals surface area contributed by atoms with Crippen molar-refractivity contribution in [1.29, 1.82) is 0 Å². The summed E-state index contributed by atoms with van der Waals surface area (Å²) in [5.41, 5.74) is 0.939. The third-order valence-electron chi connectivity index (χ3n) is 3.08. The van der Waals surface area contributed by atoms with Gasteiger partial charge in [0.2, 0.25) is 5.88 Å². The number of nitrogens with zero attached hydrogens (tertiary/aromatic N) is 2. The van der Waals surface area contributed by atoms with Gasteiger partial charge in [-0.15, -0.1) is 5.10 Å². The molecule has 0 saturated heterocycles. The Morgan fingerprint density at radius 2 is 2.09 bits per heavy atom. The molecule has 0 fully saturated rings. The molecule has 1 N–H and O–H groups in total. The number of hydrogen-bond donors (Lipinski definition) is 1. The van der Waals surface area contributed by atoms with Crippen LogP contribution in [0.25, 0.3) is 5.69 Å². The summed E-state index contributed by atoms with van der Waals surface area (Å²) in [5, 5.41) is 7.10. The van der Waals surface area contributed by atoms with Crippen LogP contribution in [0, 0.1) is 0 Å². The molecule has 2 rings (SSSR count). The van der Waals surface area contributed by atoms with Gasteiger partial charge in [0, 0.05) is 32.5 Å². The summed E-state index contributed by atoms with van der Waals surface area (Å²) >= 11 is 0. The lowest BCUT2D eigenvalue weighted by molar-refractivity contribution is -0.127. The molecule has 0 spiro atoms. The third kappa shape index (κ3) is 4.60. The normalized spacial score (nSPS) is 11.9. The molecule has 1 aromatic carbocycles. The Labute approximate surface area is 130 Å². The molecule has 6 nitrogen and oxygen atoms in total. The van der Waals surface area contributed by atoms with Gasteiger partial charge in [-0.05, 0) is 25.5 Å². The number of benzene rings is 1. The Kier molecular flexibility index (Phi) is 5.97. The van der Waals surface area contributed by atoms with Gasteiger partial charge in [0.15, 0.2) is 6.10 Å². The van der Waals surface area contributed by atoms with Crippen LogP contribution in [0.5, 0.6) is 5.88 Å². The number of para-hydroxylation sites is 1. The molecule has 6 heteroatoms. The zero-order valence-electron chi connectivity index (χ0n) is 12.9. The number of rotatable bonds is 8. The molecule has 1 aromatic heterocycles. The Bertz CT molecular complexity index is 583. The van der Waals surface area contributed by atoms with Crippen LogP contribution in [0.4, 0.5) is 0 Å². The highest BCUT2D eigenvalue weighted by Crippen LogP contribution is 2.13.